The molecule has 0 saturated carbocycles. The highest BCUT2D eigenvalue weighted by Crippen LogP contribution is 2.51. The molecule has 0 N–H and O–H groups in total. The highest BCUT2D eigenvalue weighted by atomic mass is 16.1. The largest absolute Gasteiger partial charge is 0.298 e. The van der Waals surface area contributed by atoms with Crippen molar-refractivity contribution in [2.75, 3.05) is 0 Å². The Balaban J connectivity index is 1.79. The number of ketones is 1. The third kappa shape index (κ3) is 2.39. The minimum atomic E-state index is -0.249. The fourth-order valence-electron chi connectivity index (χ4n) is 5.22. The second-order valence-electron chi connectivity index (χ2n) is 8.01. The van der Waals surface area contributed by atoms with Gasteiger partial charge in [0.25, 0.3) is 0 Å². The van der Waals surface area contributed by atoms with Crippen molar-refractivity contribution in [1.82, 2.24) is 0 Å². The van der Waals surface area contributed by atoms with Gasteiger partial charge in [-0.05, 0) is 43.8 Å². The molecule has 142 valence electrons. The molecule has 0 fully saturated rings. The van der Waals surface area contributed by atoms with Crippen LogP contribution in [0.15, 0.2) is 109 Å². The Kier molecular flexibility index (Phi) is 3.82. The summed E-state index contributed by atoms with van der Waals surface area (Å²) in [5.41, 5.74) is 4.49. The Morgan fingerprint density at radius 1 is 0.400 bits per heavy atom. The minimum absolute atomic E-state index is 0.249. The van der Waals surface area contributed by atoms with E-state index in [2.05, 4.69) is 72.8 Å². The van der Waals surface area contributed by atoms with E-state index in [9.17, 15) is 4.79 Å². The van der Waals surface area contributed by atoms with Crippen LogP contribution in [0.25, 0.3) is 21.5 Å². The van der Waals surface area contributed by atoms with Crippen molar-refractivity contribution in [3.05, 3.63) is 131 Å². The first-order valence-electron chi connectivity index (χ1n) is 10.4. The van der Waals surface area contributed by atoms with Crippen LogP contribution in [0.3, 0.4) is 0 Å². The van der Waals surface area contributed by atoms with Crippen LogP contribution >= 0.6 is 0 Å². The number of hydrogen-bond donors (Lipinski definition) is 0. The van der Waals surface area contributed by atoms with E-state index in [4.69, 9.17) is 0 Å². The van der Waals surface area contributed by atoms with Crippen LogP contribution in [-0.2, 0) is 4.79 Å². The Morgan fingerprint density at radius 3 is 1.13 bits per heavy atom. The van der Waals surface area contributed by atoms with Crippen molar-refractivity contribution in [2.45, 2.75) is 11.8 Å². The van der Waals surface area contributed by atoms with E-state index < -0.39 is 0 Å². The molecule has 1 heteroatoms. The van der Waals surface area contributed by atoms with Gasteiger partial charge in [-0.3, -0.25) is 4.79 Å². The first-order valence-corrected chi connectivity index (χ1v) is 10.4. The maximum atomic E-state index is 14.1. The van der Waals surface area contributed by atoms with Crippen molar-refractivity contribution in [2.24, 2.45) is 0 Å². The first-order chi connectivity index (χ1) is 14.8. The number of benzene rings is 5. The van der Waals surface area contributed by atoms with Gasteiger partial charge in [0.15, 0.2) is 5.78 Å². The molecule has 5 aromatic carbocycles. The van der Waals surface area contributed by atoms with Crippen LogP contribution in [0, 0.1) is 0 Å². The topological polar surface area (TPSA) is 17.1 Å². The van der Waals surface area contributed by atoms with E-state index in [0.717, 1.165) is 11.1 Å². The standard InChI is InChI=1S/C29H20O/c30-29-25(19-11-3-1-4-12-19)27-23-17-9-7-15-21(23)22-16-8-10-18-24(22)28(27)26(29)20-13-5-2-6-14-20/h1-18,25-26H/t25-,26+. The van der Waals surface area contributed by atoms with Gasteiger partial charge >= 0.3 is 0 Å². The van der Waals surface area contributed by atoms with E-state index >= 15 is 0 Å². The van der Waals surface area contributed by atoms with Gasteiger partial charge < -0.3 is 0 Å². The Hall–Kier alpha value is -3.71. The normalized spacial score (nSPS) is 18.1. The van der Waals surface area contributed by atoms with Crippen molar-refractivity contribution >= 4 is 27.3 Å². The van der Waals surface area contributed by atoms with E-state index in [1.807, 2.05) is 36.4 Å². The second kappa shape index (κ2) is 6.67. The molecule has 0 saturated heterocycles. The van der Waals surface area contributed by atoms with Crippen LogP contribution in [0.2, 0.25) is 0 Å². The smallest absolute Gasteiger partial charge is 0.156 e. The lowest BCUT2D eigenvalue weighted by Crippen LogP contribution is -2.13. The number of Topliss-reactive ketones (excluding diaryl/α,β-unsaturated/α-hetero) is 1. The van der Waals surface area contributed by atoms with E-state index in [1.165, 1.54) is 32.7 Å². The van der Waals surface area contributed by atoms with Crippen molar-refractivity contribution in [1.29, 1.82) is 0 Å². The van der Waals surface area contributed by atoms with Gasteiger partial charge in [-0.2, -0.15) is 0 Å². The lowest BCUT2D eigenvalue weighted by atomic mass is 9.86. The Bertz CT molecular complexity index is 1290. The molecule has 0 aliphatic heterocycles. The predicted octanol–water partition coefficient (Wildman–Crippen LogP) is 6.84. The van der Waals surface area contributed by atoms with E-state index in [-0.39, 0.29) is 17.6 Å². The fraction of sp³-hybridized carbons (Fsp3) is 0.0690. The number of fused-ring (bicyclic) bond motifs is 6. The predicted molar refractivity (Wildman–Crippen MR) is 123 cm³/mol. The zero-order chi connectivity index (χ0) is 20.1. The molecule has 0 heterocycles. The summed E-state index contributed by atoms with van der Waals surface area (Å²) in [6.45, 7) is 0. The quantitative estimate of drug-likeness (QED) is 0.305. The summed E-state index contributed by atoms with van der Waals surface area (Å²) in [6, 6.07) is 37.5. The zero-order valence-electron chi connectivity index (χ0n) is 16.5. The molecule has 2 atom stereocenters. The summed E-state index contributed by atoms with van der Waals surface area (Å²) in [4.78, 5) is 14.1. The number of carbonyl (C=O) groups excluding carboxylic acids is 1. The molecule has 0 spiro atoms. The number of rotatable bonds is 2. The lowest BCUT2D eigenvalue weighted by Gasteiger charge is -2.17. The third-order valence-corrected chi connectivity index (χ3v) is 6.43. The number of carbonyl (C=O) groups is 1. The maximum Gasteiger partial charge on any atom is 0.156 e. The second-order valence-corrected chi connectivity index (χ2v) is 8.01. The summed E-state index contributed by atoms with van der Waals surface area (Å²) < 4.78 is 0. The molecule has 0 bridgehead atoms. The third-order valence-electron chi connectivity index (χ3n) is 6.43. The van der Waals surface area contributed by atoms with Gasteiger partial charge in [0.1, 0.15) is 0 Å². The average molecular weight is 384 g/mol. The highest BCUT2D eigenvalue weighted by Gasteiger charge is 2.43. The minimum Gasteiger partial charge on any atom is -0.298 e. The van der Waals surface area contributed by atoms with Crippen molar-refractivity contribution < 1.29 is 4.79 Å². The molecule has 1 nitrogen and oxygen atoms in total. The fourth-order valence-corrected chi connectivity index (χ4v) is 5.22. The molecule has 1 aliphatic rings. The zero-order valence-corrected chi connectivity index (χ0v) is 16.5. The van der Waals surface area contributed by atoms with Crippen molar-refractivity contribution in [3.63, 3.8) is 0 Å². The molecule has 0 radical (unpaired) electrons. The molecule has 0 aromatic heterocycles. The van der Waals surface area contributed by atoms with Gasteiger partial charge in [0.2, 0.25) is 0 Å². The molecular weight excluding hydrogens is 364 g/mol. The summed E-state index contributed by atoms with van der Waals surface area (Å²) in [6.07, 6.45) is 0. The molecule has 30 heavy (non-hydrogen) atoms. The molecule has 0 unspecified atom stereocenters. The molecular formula is C29H20O. The van der Waals surface area contributed by atoms with Crippen LogP contribution in [0.4, 0.5) is 0 Å². The van der Waals surface area contributed by atoms with Gasteiger partial charge in [0, 0.05) is 0 Å². The summed E-state index contributed by atoms with van der Waals surface area (Å²) in [5.74, 6) is -0.231. The summed E-state index contributed by atoms with van der Waals surface area (Å²) in [5, 5.41) is 4.81. The highest BCUT2D eigenvalue weighted by molar-refractivity contribution is 6.18. The Morgan fingerprint density at radius 2 is 0.733 bits per heavy atom. The Labute approximate surface area is 175 Å². The number of hydrogen-bond acceptors (Lipinski definition) is 1. The molecule has 5 aromatic rings. The van der Waals surface area contributed by atoms with Crippen LogP contribution in [-0.4, -0.2) is 5.78 Å². The van der Waals surface area contributed by atoms with Gasteiger partial charge in [-0.1, -0.05) is 109 Å². The molecule has 1 aliphatic carbocycles. The molecule has 6 rings (SSSR count). The molecule has 0 amide bonds. The average Bonchev–Trinajstić information content (AvgIpc) is 3.13. The van der Waals surface area contributed by atoms with Crippen LogP contribution < -0.4 is 0 Å². The van der Waals surface area contributed by atoms with E-state index in [1.54, 1.807) is 0 Å². The summed E-state index contributed by atoms with van der Waals surface area (Å²) >= 11 is 0. The van der Waals surface area contributed by atoms with Crippen molar-refractivity contribution in [3.8, 4) is 0 Å². The lowest BCUT2D eigenvalue weighted by molar-refractivity contribution is -0.119. The van der Waals surface area contributed by atoms with Gasteiger partial charge in [-0.15, -0.1) is 0 Å². The first kappa shape index (κ1) is 17.2. The van der Waals surface area contributed by atoms with E-state index in [0.29, 0.717) is 0 Å². The van der Waals surface area contributed by atoms with Crippen LogP contribution in [0.1, 0.15) is 34.1 Å². The van der Waals surface area contributed by atoms with Gasteiger partial charge in [0.05, 0.1) is 11.8 Å². The monoisotopic (exact) mass is 384 g/mol. The van der Waals surface area contributed by atoms with Gasteiger partial charge in [-0.25, -0.2) is 0 Å². The summed E-state index contributed by atoms with van der Waals surface area (Å²) in [7, 11) is 0. The SMILES string of the molecule is O=C1[C@H](c2ccccc2)c2c(c3ccccc3c3ccccc23)[C@@H]1c1ccccc1. The van der Waals surface area contributed by atoms with Crippen LogP contribution in [0.5, 0.6) is 0 Å². The maximum absolute atomic E-state index is 14.1.